The van der Waals surface area contributed by atoms with Gasteiger partial charge in [-0.3, -0.25) is 4.79 Å². The number of aromatic hydroxyl groups is 1. The van der Waals surface area contributed by atoms with Crippen molar-refractivity contribution in [1.29, 1.82) is 0 Å². The molecular formula is C19H23NO4. The molecule has 0 heterocycles. The number of phenols is 1. The number of hydrogen-bond donors (Lipinski definition) is 2. The second kappa shape index (κ2) is 8.24. The number of rotatable bonds is 7. The third-order valence-electron chi connectivity index (χ3n) is 3.37. The molecule has 0 spiro atoms. The van der Waals surface area contributed by atoms with Gasteiger partial charge in [0.15, 0.2) is 11.5 Å². The van der Waals surface area contributed by atoms with Crippen molar-refractivity contribution >= 4 is 11.6 Å². The number of ether oxygens (including phenoxy) is 2. The molecule has 2 N–H and O–H groups in total. The van der Waals surface area contributed by atoms with Crippen LogP contribution in [0.1, 0.15) is 36.2 Å². The summed E-state index contributed by atoms with van der Waals surface area (Å²) in [5.74, 6) is 0.869. The Bertz CT molecular complexity index is 713. The Morgan fingerprint density at radius 3 is 2.54 bits per heavy atom. The maximum absolute atomic E-state index is 12.4. The monoisotopic (exact) mass is 329 g/mol. The number of benzene rings is 2. The van der Waals surface area contributed by atoms with Gasteiger partial charge in [-0.1, -0.05) is 13.0 Å². The van der Waals surface area contributed by atoms with Gasteiger partial charge in [-0.2, -0.15) is 0 Å². The molecule has 0 bridgehead atoms. The van der Waals surface area contributed by atoms with Crippen LogP contribution in [-0.4, -0.2) is 24.2 Å². The van der Waals surface area contributed by atoms with E-state index < -0.39 is 0 Å². The van der Waals surface area contributed by atoms with Crippen LogP contribution in [0.4, 0.5) is 5.69 Å². The molecule has 0 saturated carbocycles. The zero-order valence-corrected chi connectivity index (χ0v) is 14.3. The molecule has 0 radical (unpaired) electrons. The summed E-state index contributed by atoms with van der Waals surface area (Å²) in [6.07, 6.45) is 0.889. The number of phenolic OH excluding ortho intramolecular Hbond substituents is 1. The van der Waals surface area contributed by atoms with Crippen molar-refractivity contribution in [2.75, 3.05) is 18.5 Å². The molecule has 0 fully saturated rings. The molecule has 0 unspecified atom stereocenters. The molecule has 0 aliphatic carbocycles. The third-order valence-corrected chi connectivity index (χ3v) is 3.37. The average molecular weight is 329 g/mol. The van der Waals surface area contributed by atoms with Crippen LogP contribution in [0, 0.1) is 6.92 Å². The Morgan fingerprint density at radius 1 is 1.08 bits per heavy atom. The summed E-state index contributed by atoms with van der Waals surface area (Å²) in [5.41, 5.74) is 1.72. The van der Waals surface area contributed by atoms with Gasteiger partial charge in [0.1, 0.15) is 5.75 Å². The molecule has 1 amide bonds. The smallest absolute Gasteiger partial charge is 0.255 e. The molecule has 5 heteroatoms. The van der Waals surface area contributed by atoms with E-state index in [-0.39, 0.29) is 11.7 Å². The van der Waals surface area contributed by atoms with Gasteiger partial charge >= 0.3 is 0 Å². The largest absolute Gasteiger partial charge is 0.506 e. The zero-order valence-electron chi connectivity index (χ0n) is 14.3. The zero-order chi connectivity index (χ0) is 17.5. The topological polar surface area (TPSA) is 67.8 Å². The first kappa shape index (κ1) is 17.7. The van der Waals surface area contributed by atoms with Crippen LogP contribution in [0.25, 0.3) is 0 Å². The first-order valence-corrected chi connectivity index (χ1v) is 8.05. The highest BCUT2D eigenvalue weighted by molar-refractivity contribution is 6.05. The van der Waals surface area contributed by atoms with E-state index in [0.29, 0.717) is 36.0 Å². The van der Waals surface area contributed by atoms with Crippen molar-refractivity contribution in [3.05, 3.63) is 47.5 Å². The fourth-order valence-electron chi connectivity index (χ4n) is 2.19. The number of amides is 1. The van der Waals surface area contributed by atoms with E-state index in [9.17, 15) is 9.90 Å². The third kappa shape index (κ3) is 4.41. The van der Waals surface area contributed by atoms with Gasteiger partial charge in [-0.15, -0.1) is 0 Å². The van der Waals surface area contributed by atoms with Crippen molar-refractivity contribution in [2.45, 2.75) is 27.2 Å². The average Bonchev–Trinajstić information content (AvgIpc) is 2.56. The molecule has 2 rings (SSSR count). The van der Waals surface area contributed by atoms with Crippen LogP contribution in [0.3, 0.4) is 0 Å². The Balaban J connectivity index is 2.20. The molecule has 128 valence electrons. The number of nitrogens with one attached hydrogen (secondary N) is 1. The maximum atomic E-state index is 12.4. The van der Waals surface area contributed by atoms with E-state index in [0.717, 1.165) is 12.0 Å². The predicted molar refractivity (Wildman–Crippen MR) is 94.2 cm³/mol. The summed E-state index contributed by atoms with van der Waals surface area (Å²) in [6, 6.07) is 10.1. The summed E-state index contributed by atoms with van der Waals surface area (Å²) >= 11 is 0. The molecule has 0 aliphatic rings. The molecule has 2 aromatic rings. The van der Waals surface area contributed by atoms with Gasteiger partial charge in [0, 0.05) is 5.56 Å². The highest BCUT2D eigenvalue weighted by Crippen LogP contribution is 2.30. The molecule has 2 aromatic carbocycles. The van der Waals surface area contributed by atoms with E-state index in [1.807, 2.05) is 26.8 Å². The Morgan fingerprint density at radius 2 is 1.88 bits per heavy atom. The van der Waals surface area contributed by atoms with Gasteiger partial charge in [-0.05, 0) is 56.2 Å². The maximum Gasteiger partial charge on any atom is 0.255 e. The lowest BCUT2D eigenvalue weighted by Gasteiger charge is -2.13. The second-order valence-corrected chi connectivity index (χ2v) is 5.42. The summed E-state index contributed by atoms with van der Waals surface area (Å²) < 4.78 is 11.2. The quantitative estimate of drug-likeness (QED) is 0.749. The molecule has 0 aliphatic heterocycles. The van der Waals surface area contributed by atoms with Crippen molar-refractivity contribution in [3.8, 4) is 17.2 Å². The van der Waals surface area contributed by atoms with Gasteiger partial charge in [0.05, 0.1) is 18.9 Å². The highest BCUT2D eigenvalue weighted by atomic mass is 16.5. The molecule has 0 aromatic heterocycles. The predicted octanol–water partition coefficient (Wildman–Crippen LogP) is 4.14. The second-order valence-electron chi connectivity index (χ2n) is 5.42. The van der Waals surface area contributed by atoms with Crippen LogP contribution < -0.4 is 14.8 Å². The first-order valence-electron chi connectivity index (χ1n) is 8.05. The SMILES string of the molecule is CCCOc1ccc(C(=O)Nc2ccc(C)cc2O)cc1OCC. The van der Waals surface area contributed by atoms with Crippen molar-refractivity contribution in [1.82, 2.24) is 0 Å². The Labute approximate surface area is 142 Å². The van der Waals surface area contributed by atoms with Crippen molar-refractivity contribution < 1.29 is 19.4 Å². The number of carbonyl (C=O) groups is 1. The highest BCUT2D eigenvalue weighted by Gasteiger charge is 2.13. The standard InChI is InChI=1S/C19H23NO4/c1-4-10-24-17-9-7-14(12-18(17)23-5-2)19(22)20-15-8-6-13(3)11-16(15)21/h6-9,11-12,21H,4-5,10H2,1-3H3,(H,20,22). The normalized spacial score (nSPS) is 10.3. The van der Waals surface area contributed by atoms with Crippen molar-refractivity contribution in [2.24, 2.45) is 0 Å². The summed E-state index contributed by atoms with van der Waals surface area (Å²) in [6.45, 7) is 6.83. The van der Waals surface area contributed by atoms with E-state index in [4.69, 9.17) is 9.47 Å². The number of aryl methyl sites for hydroxylation is 1. The van der Waals surface area contributed by atoms with E-state index in [2.05, 4.69) is 5.32 Å². The minimum atomic E-state index is -0.322. The minimum Gasteiger partial charge on any atom is -0.506 e. The van der Waals surface area contributed by atoms with Gasteiger partial charge in [0.2, 0.25) is 0 Å². The number of carbonyl (C=O) groups excluding carboxylic acids is 1. The molecule has 0 atom stereocenters. The van der Waals surface area contributed by atoms with E-state index >= 15 is 0 Å². The van der Waals surface area contributed by atoms with Gasteiger partial charge in [0.25, 0.3) is 5.91 Å². The summed E-state index contributed by atoms with van der Waals surface area (Å²) in [5, 5.41) is 12.6. The fourth-order valence-corrected chi connectivity index (χ4v) is 2.19. The molecule has 5 nitrogen and oxygen atoms in total. The van der Waals surface area contributed by atoms with Crippen LogP contribution >= 0.6 is 0 Å². The van der Waals surface area contributed by atoms with Crippen LogP contribution in [0.5, 0.6) is 17.2 Å². The molecular weight excluding hydrogens is 306 g/mol. The van der Waals surface area contributed by atoms with E-state index in [1.165, 1.54) is 0 Å². The van der Waals surface area contributed by atoms with Gasteiger partial charge in [-0.25, -0.2) is 0 Å². The number of hydrogen-bond acceptors (Lipinski definition) is 4. The van der Waals surface area contributed by atoms with Gasteiger partial charge < -0.3 is 19.9 Å². The first-order chi connectivity index (χ1) is 11.5. The Kier molecular flexibility index (Phi) is 6.07. The summed E-state index contributed by atoms with van der Waals surface area (Å²) in [7, 11) is 0. The number of anilines is 1. The lowest BCUT2D eigenvalue weighted by molar-refractivity contribution is 0.102. The fraction of sp³-hybridized carbons (Fsp3) is 0.316. The van der Waals surface area contributed by atoms with Crippen molar-refractivity contribution in [3.63, 3.8) is 0 Å². The molecule has 24 heavy (non-hydrogen) atoms. The van der Waals surface area contributed by atoms with E-state index in [1.54, 1.807) is 30.3 Å². The van der Waals surface area contributed by atoms with Crippen LogP contribution in [0.15, 0.2) is 36.4 Å². The lowest BCUT2D eigenvalue weighted by Crippen LogP contribution is -2.12. The Hall–Kier alpha value is -2.69. The molecule has 0 saturated heterocycles. The lowest BCUT2D eigenvalue weighted by atomic mass is 10.1. The van der Waals surface area contributed by atoms with Crippen LogP contribution in [-0.2, 0) is 0 Å². The summed E-state index contributed by atoms with van der Waals surface area (Å²) in [4.78, 5) is 12.4. The minimum absolute atomic E-state index is 0.0382. The van der Waals surface area contributed by atoms with Crippen LogP contribution in [0.2, 0.25) is 0 Å².